The fraction of sp³-hybridized carbons (Fsp3) is 0.0667. The third-order valence-corrected chi connectivity index (χ3v) is 5.65. The quantitative estimate of drug-likeness (QED) is 0.305. The van der Waals surface area contributed by atoms with E-state index in [-0.39, 0.29) is 11.1 Å². The van der Waals surface area contributed by atoms with Crippen molar-refractivity contribution >= 4 is 63.9 Å². The Kier molecular flexibility index (Phi) is 3.73. The van der Waals surface area contributed by atoms with Crippen LogP contribution in [0.1, 0.15) is 0 Å². The normalized spacial score (nSPS) is 11.7. The van der Waals surface area contributed by atoms with Crippen molar-refractivity contribution in [3.05, 3.63) is 47.8 Å². The Morgan fingerprint density at radius 2 is 2.04 bits per heavy atom. The Morgan fingerprint density at radius 1 is 1.22 bits per heavy atom. The highest BCUT2D eigenvalue weighted by molar-refractivity contribution is 14.2. The number of fused-ring (bicyclic) bond motifs is 2. The number of halogens is 3. The smallest absolute Gasteiger partial charge is 0.224 e. The molecule has 0 bridgehead atoms. The second kappa shape index (κ2) is 5.64. The molecule has 3 heterocycles. The largest absolute Gasteiger partial charge is 0.350 e. The molecule has 23 heavy (non-hydrogen) atoms. The summed E-state index contributed by atoms with van der Waals surface area (Å²) in [7, 11) is 3.40. The molecule has 0 saturated heterocycles. The SMILES string of the molecule is Cn1cc(-c2nc(Cl)nc3c2ccn3SI)c2ccc(F)cc21. The van der Waals surface area contributed by atoms with Crippen LogP contribution in [0.15, 0.2) is 36.7 Å². The minimum absolute atomic E-state index is 0.192. The van der Waals surface area contributed by atoms with E-state index in [1.807, 2.05) is 34.0 Å². The van der Waals surface area contributed by atoms with Gasteiger partial charge in [0.2, 0.25) is 5.28 Å². The molecule has 0 aliphatic carbocycles. The number of hydrogen-bond donors (Lipinski definition) is 0. The van der Waals surface area contributed by atoms with E-state index in [0.29, 0.717) is 0 Å². The lowest BCUT2D eigenvalue weighted by atomic mass is 10.1. The van der Waals surface area contributed by atoms with Gasteiger partial charge in [-0.25, -0.2) is 9.37 Å². The monoisotopic (exact) mass is 458 g/mol. The van der Waals surface area contributed by atoms with Gasteiger partial charge in [0, 0.05) is 66.1 Å². The highest BCUT2D eigenvalue weighted by Gasteiger charge is 2.17. The third kappa shape index (κ3) is 2.41. The molecule has 0 fully saturated rings. The van der Waals surface area contributed by atoms with Gasteiger partial charge in [0.1, 0.15) is 5.82 Å². The molecule has 0 saturated carbocycles. The molecule has 0 aliphatic rings. The summed E-state index contributed by atoms with van der Waals surface area (Å²) in [6.45, 7) is 0. The van der Waals surface area contributed by atoms with Crippen LogP contribution < -0.4 is 0 Å². The van der Waals surface area contributed by atoms with E-state index in [4.69, 9.17) is 11.6 Å². The van der Waals surface area contributed by atoms with E-state index in [0.717, 1.165) is 33.2 Å². The molecule has 8 heteroatoms. The molecular formula is C15H9ClFIN4S. The average Bonchev–Trinajstić information content (AvgIpc) is 3.08. The van der Waals surface area contributed by atoms with Gasteiger partial charge in [0.25, 0.3) is 0 Å². The van der Waals surface area contributed by atoms with E-state index >= 15 is 0 Å². The summed E-state index contributed by atoms with van der Waals surface area (Å²) in [5, 5.41) is 2.03. The molecule has 0 N–H and O–H groups in total. The summed E-state index contributed by atoms with van der Waals surface area (Å²) in [6, 6.07) is 6.71. The first kappa shape index (κ1) is 15.2. The second-order valence-corrected chi connectivity index (χ2v) is 7.16. The molecule has 4 aromatic rings. The van der Waals surface area contributed by atoms with Crippen LogP contribution in [0.3, 0.4) is 0 Å². The van der Waals surface area contributed by atoms with Crippen LogP contribution in [-0.4, -0.2) is 18.5 Å². The lowest BCUT2D eigenvalue weighted by Crippen LogP contribution is -1.92. The Labute approximate surface area is 152 Å². The van der Waals surface area contributed by atoms with Crippen molar-refractivity contribution in [3.8, 4) is 11.3 Å². The Hall–Kier alpha value is -1.32. The number of nitrogens with zero attached hydrogens (tertiary/aromatic N) is 4. The van der Waals surface area contributed by atoms with Crippen LogP contribution in [0.4, 0.5) is 4.39 Å². The lowest BCUT2D eigenvalue weighted by molar-refractivity contribution is 0.629. The van der Waals surface area contributed by atoms with Gasteiger partial charge in [-0.1, -0.05) is 0 Å². The molecular weight excluding hydrogens is 450 g/mol. The van der Waals surface area contributed by atoms with Crippen molar-refractivity contribution in [1.29, 1.82) is 0 Å². The zero-order valence-corrected chi connectivity index (χ0v) is 15.5. The van der Waals surface area contributed by atoms with E-state index in [9.17, 15) is 4.39 Å². The average molecular weight is 459 g/mol. The zero-order valence-electron chi connectivity index (χ0n) is 11.8. The summed E-state index contributed by atoms with van der Waals surface area (Å²) in [4.78, 5) is 8.75. The highest BCUT2D eigenvalue weighted by Crippen LogP contribution is 2.35. The minimum Gasteiger partial charge on any atom is -0.350 e. The van der Waals surface area contributed by atoms with Gasteiger partial charge in [0.05, 0.1) is 11.2 Å². The first-order valence-electron chi connectivity index (χ1n) is 6.67. The summed E-state index contributed by atoms with van der Waals surface area (Å²) < 4.78 is 17.3. The van der Waals surface area contributed by atoms with Crippen molar-refractivity contribution in [2.24, 2.45) is 7.05 Å². The Bertz CT molecular complexity index is 1060. The van der Waals surface area contributed by atoms with E-state index < -0.39 is 0 Å². The highest BCUT2D eigenvalue weighted by atomic mass is 127. The van der Waals surface area contributed by atoms with Crippen molar-refractivity contribution in [2.45, 2.75) is 0 Å². The second-order valence-electron chi connectivity index (χ2n) is 5.10. The zero-order chi connectivity index (χ0) is 16.1. The molecule has 0 unspecified atom stereocenters. The van der Waals surface area contributed by atoms with Gasteiger partial charge in [0.15, 0.2) is 5.65 Å². The summed E-state index contributed by atoms with van der Waals surface area (Å²) >= 11 is 8.32. The first-order chi connectivity index (χ1) is 11.1. The molecule has 0 aliphatic heterocycles. The van der Waals surface area contributed by atoms with Gasteiger partial charge in [-0.15, -0.1) is 0 Å². The molecule has 4 nitrogen and oxygen atoms in total. The predicted molar refractivity (Wildman–Crippen MR) is 101 cm³/mol. The third-order valence-electron chi connectivity index (χ3n) is 3.77. The number of aryl methyl sites for hydroxylation is 1. The van der Waals surface area contributed by atoms with Crippen LogP contribution in [-0.2, 0) is 7.05 Å². The Balaban J connectivity index is 2.09. The van der Waals surface area contributed by atoms with Gasteiger partial charge in [-0.3, -0.25) is 3.97 Å². The molecule has 3 aromatic heterocycles. The van der Waals surface area contributed by atoms with E-state index in [1.165, 1.54) is 21.3 Å². The summed E-state index contributed by atoms with van der Waals surface area (Å²) in [5.41, 5.74) is 3.23. The van der Waals surface area contributed by atoms with Gasteiger partial charge in [-0.05, 0) is 35.9 Å². The van der Waals surface area contributed by atoms with Crippen LogP contribution in [0.2, 0.25) is 5.28 Å². The van der Waals surface area contributed by atoms with Crippen LogP contribution in [0.25, 0.3) is 33.2 Å². The van der Waals surface area contributed by atoms with Crippen LogP contribution >= 0.6 is 41.9 Å². The maximum atomic E-state index is 13.5. The molecule has 116 valence electrons. The van der Waals surface area contributed by atoms with E-state index in [1.54, 1.807) is 6.07 Å². The van der Waals surface area contributed by atoms with Crippen LogP contribution in [0.5, 0.6) is 0 Å². The molecule has 0 spiro atoms. The van der Waals surface area contributed by atoms with E-state index in [2.05, 4.69) is 31.2 Å². The van der Waals surface area contributed by atoms with Gasteiger partial charge in [-0.2, -0.15) is 4.98 Å². The van der Waals surface area contributed by atoms with Crippen LogP contribution in [0, 0.1) is 5.82 Å². The maximum Gasteiger partial charge on any atom is 0.224 e. The number of rotatable bonds is 2. The molecule has 0 atom stereocenters. The van der Waals surface area contributed by atoms with Gasteiger partial charge >= 0.3 is 0 Å². The predicted octanol–water partition coefficient (Wildman–Crippen LogP) is 5.23. The molecule has 0 radical (unpaired) electrons. The summed E-state index contributed by atoms with van der Waals surface area (Å²) in [5.74, 6) is -0.261. The Morgan fingerprint density at radius 3 is 2.83 bits per heavy atom. The molecule has 1 aromatic carbocycles. The van der Waals surface area contributed by atoms with Gasteiger partial charge < -0.3 is 4.57 Å². The topological polar surface area (TPSA) is 35.6 Å². The fourth-order valence-electron chi connectivity index (χ4n) is 2.77. The maximum absolute atomic E-state index is 13.5. The summed E-state index contributed by atoms with van der Waals surface area (Å²) in [6.07, 6.45) is 3.87. The standard InChI is InChI=1S/C15H9ClFIN4S/c1-21-7-11(9-3-2-8(17)6-12(9)21)13-10-4-5-22(23-18)14(10)20-15(16)19-13/h2-7H,1H3. The first-order valence-corrected chi connectivity index (χ1v) is 10.4. The van der Waals surface area contributed by atoms with Crippen molar-refractivity contribution in [3.63, 3.8) is 0 Å². The van der Waals surface area contributed by atoms with Crippen molar-refractivity contribution < 1.29 is 4.39 Å². The number of hydrogen-bond acceptors (Lipinski definition) is 3. The minimum atomic E-state index is -0.261. The lowest BCUT2D eigenvalue weighted by Gasteiger charge is -2.03. The fourth-order valence-corrected chi connectivity index (χ4v) is 4.20. The van der Waals surface area contributed by atoms with Crippen molar-refractivity contribution in [1.82, 2.24) is 18.5 Å². The number of benzene rings is 1. The molecule has 0 amide bonds. The van der Waals surface area contributed by atoms with Crippen molar-refractivity contribution in [2.75, 3.05) is 0 Å². The number of aromatic nitrogens is 4. The molecule has 4 rings (SSSR count).